The summed E-state index contributed by atoms with van der Waals surface area (Å²) in [7, 11) is 0. The van der Waals surface area contributed by atoms with E-state index in [0.717, 1.165) is 17.6 Å². The minimum Gasteiger partial charge on any atom is -0.489 e. The number of carbonyl (C=O) groups is 4. The van der Waals surface area contributed by atoms with E-state index in [1.54, 1.807) is 0 Å². The van der Waals surface area contributed by atoms with Gasteiger partial charge in [0.25, 0.3) is 11.8 Å². The number of likely N-dealkylation sites (tertiary alicyclic amines) is 1. The Morgan fingerprint density at radius 3 is 2.49 bits per heavy atom. The van der Waals surface area contributed by atoms with Crippen molar-refractivity contribution in [3.8, 4) is 0 Å². The Morgan fingerprint density at radius 1 is 1.37 bits per heavy atom. The molecule has 11 nitrogen and oxygen atoms in total. The van der Waals surface area contributed by atoms with E-state index in [4.69, 9.17) is 15.6 Å². The van der Waals surface area contributed by atoms with Gasteiger partial charge in [-0.1, -0.05) is 13.0 Å². The minimum absolute atomic E-state index is 0.0198. The van der Waals surface area contributed by atoms with Gasteiger partial charge in [-0.05, 0) is 12.0 Å². The fourth-order valence-electron chi connectivity index (χ4n) is 2.86. The molecule has 35 heavy (non-hydrogen) atoms. The lowest BCUT2D eigenvalue weighted by Crippen LogP contribution is -2.68. The first-order valence-corrected chi connectivity index (χ1v) is 11.0. The van der Waals surface area contributed by atoms with Crippen molar-refractivity contribution in [1.29, 1.82) is 0 Å². The van der Waals surface area contributed by atoms with Crippen molar-refractivity contribution in [2.24, 2.45) is 0 Å². The summed E-state index contributed by atoms with van der Waals surface area (Å²) >= 11 is 5.12. The summed E-state index contributed by atoms with van der Waals surface area (Å²) in [5.41, 5.74) is 4.30. The molecular formula is C19H19F3N4O7S2. The Kier molecular flexibility index (Phi) is 8.92. The van der Waals surface area contributed by atoms with Crippen molar-refractivity contribution in [3.63, 3.8) is 0 Å². The second-order valence-electron chi connectivity index (χ2n) is 6.79. The number of amides is 2. The van der Waals surface area contributed by atoms with Crippen LogP contribution in [0, 0.1) is 0 Å². The Bertz CT molecular complexity index is 1110. The first-order valence-electron chi connectivity index (χ1n) is 9.56. The van der Waals surface area contributed by atoms with Crippen LogP contribution in [0.3, 0.4) is 0 Å². The number of thiol groups is 1. The second-order valence-corrected chi connectivity index (χ2v) is 8.21. The van der Waals surface area contributed by atoms with Gasteiger partial charge in [-0.3, -0.25) is 14.5 Å². The molecule has 0 saturated carbocycles. The van der Waals surface area contributed by atoms with E-state index >= 15 is 0 Å². The van der Waals surface area contributed by atoms with Gasteiger partial charge < -0.3 is 26.0 Å². The van der Waals surface area contributed by atoms with Crippen LogP contribution in [0.2, 0.25) is 0 Å². The minimum atomic E-state index is -4.70. The fraction of sp³-hybridized carbons (Fsp3) is 0.316. The van der Waals surface area contributed by atoms with Gasteiger partial charge in [0, 0.05) is 11.5 Å². The molecular weight excluding hydrogens is 517 g/mol. The third kappa shape index (κ3) is 6.98. The highest BCUT2D eigenvalue weighted by Gasteiger charge is 2.50. The molecule has 2 unspecified atom stereocenters. The first-order chi connectivity index (χ1) is 16.3. The number of halogens is 3. The zero-order valence-electron chi connectivity index (χ0n) is 17.8. The third-order valence-electron chi connectivity index (χ3n) is 4.41. The lowest BCUT2D eigenvalue weighted by Gasteiger charge is -2.45. The number of nitrogens with two attached hydrogens (primary N) is 1. The number of allylic oxidation sites excluding steroid dienone is 3. The van der Waals surface area contributed by atoms with Gasteiger partial charge in [0.05, 0.1) is 12.0 Å². The smallest absolute Gasteiger partial charge is 0.409 e. The lowest BCUT2D eigenvalue weighted by molar-refractivity contribution is -0.150. The number of thiazole rings is 1. The normalized spacial score (nSPS) is 19.3. The van der Waals surface area contributed by atoms with Gasteiger partial charge in [0.1, 0.15) is 22.7 Å². The summed E-state index contributed by atoms with van der Waals surface area (Å²) in [6, 6.07) is -1.36. The van der Waals surface area contributed by atoms with Crippen molar-refractivity contribution >= 4 is 58.4 Å². The first kappa shape index (κ1) is 27.7. The molecule has 0 aliphatic carbocycles. The van der Waals surface area contributed by atoms with E-state index < -0.39 is 53.6 Å². The average Bonchev–Trinajstić information content (AvgIpc) is 3.18. The number of anilines is 1. The summed E-state index contributed by atoms with van der Waals surface area (Å²) in [6.07, 6.45) is -3.64. The number of ether oxygens (including phenoxy) is 1. The molecule has 1 saturated heterocycles. The van der Waals surface area contributed by atoms with Crippen molar-refractivity contribution in [3.05, 3.63) is 40.8 Å². The number of aliphatic carboxylic acids is 2. The molecule has 0 spiro atoms. The highest BCUT2D eigenvalue weighted by molar-refractivity contribution is 7.81. The van der Waals surface area contributed by atoms with Crippen molar-refractivity contribution in [2.45, 2.75) is 30.9 Å². The Balaban J connectivity index is 2.29. The summed E-state index contributed by atoms with van der Waals surface area (Å²) in [5.74, 6) is -4.86. The van der Waals surface area contributed by atoms with Crippen LogP contribution in [0.5, 0.6) is 0 Å². The highest BCUT2D eigenvalue weighted by atomic mass is 32.1. The molecule has 2 amide bonds. The van der Waals surface area contributed by atoms with Crippen LogP contribution in [0.1, 0.15) is 19.0 Å². The van der Waals surface area contributed by atoms with E-state index in [9.17, 15) is 37.5 Å². The SMILES string of the molecule is CCC(/C=C\C(F)(F)F)=C(/C(=O)O)N1C(=O)C(NC(=O)/C(=C\OCC(=O)O)c2csc(N)n2)C1S. The van der Waals surface area contributed by atoms with Crippen LogP contribution in [0.4, 0.5) is 18.3 Å². The van der Waals surface area contributed by atoms with Crippen molar-refractivity contribution in [1.82, 2.24) is 15.2 Å². The predicted octanol–water partition coefficient (Wildman–Crippen LogP) is 1.62. The standard InChI is InChI=1S/C19H19F3N4O7S2/c1-2-8(3-4-19(20,21)22)13(17(31)32)26-15(30)12(16(26)34)25-14(29)9(5-33-6-11(27)28)10-7-35-18(23)24-10/h3-5,7,12,16,34H,2,6H2,1H3,(H2,23,24)(H,25,29)(H,27,28)(H,31,32)/b4-3-,9-5-,13-8+. The molecule has 5 N–H and O–H groups in total. The van der Waals surface area contributed by atoms with Crippen LogP contribution in [-0.2, 0) is 23.9 Å². The van der Waals surface area contributed by atoms with E-state index in [-0.39, 0.29) is 34.5 Å². The van der Waals surface area contributed by atoms with Crippen LogP contribution < -0.4 is 11.1 Å². The zero-order chi connectivity index (χ0) is 26.5. The van der Waals surface area contributed by atoms with Crippen LogP contribution >= 0.6 is 24.0 Å². The maximum absolute atomic E-state index is 12.8. The largest absolute Gasteiger partial charge is 0.489 e. The van der Waals surface area contributed by atoms with Gasteiger partial charge in [0.15, 0.2) is 11.7 Å². The number of carboxylic acid groups (broad SMARTS) is 2. The molecule has 2 heterocycles. The third-order valence-corrected chi connectivity index (χ3v) is 5.61. The molecule has 0 bridgehead atoms. The number of carboxylic acids is 2. The van der Waals surface area contributed by atoms with E-state index in [0.29, 0.717) is 11.0 Å². The number of hydrogen-bond donors (Lipinski definition) is 5. The summed E-state index contributed by atoms with van der Waals surface area (Å²) in [4.78, 5) is 52.5. The molecule has 1 aliphatic heterocycles. The predicted molar refractivity (Wildman–Crippen MR) is 120 cm³/mol. The van der Waals surface area contributed by atoms with Crippen LogP contribution in [0.15, 0.2) is 35.1 Å². The topological polar surface area (TPSA) is 172 Å². The number of rotatable bonds is 10. The van der Waals surface area contributed by atoms with E-state index in [2.05, 4.69) is 22.9 Å². The number of nitrogens with zero attached hydrogens (tertiary/aromatic N) is 2. The number of alkyl halides is 3. The average molecular weight is 537 g/mol. The van der Waals surface area contributed by atoms with Crippen LogP contribution in [-0.4, -0.2) is 68.0 Å². The lowest BCUT2D eigenvalue weighted by atomic mass is 10.0. The summed E-state index contributed by atoms with van der Waals surface area (Å²) in [5, 5.41) is 20.8. The quantitative estimate of drug-likeness (QED) is 0.0979. The van der Waals surface area contributed by atoms with Crippen LogP contribution in [0.25, 0.3) is 5.57 Å². The molecule has 1 aliphatic rings. The number of β-lactam (4-membered cyclic amide) rings is 1. The van der Waals surface area contributed by atoms with Gasteiger partial charge in [-0.25, -0.2) is 14.6 Å². The Hall–Kier alpha value is -3.53. The van der Waals surface area contributed by atoms with Gasteiger partial charge in [0.2, 0.25) is 0 Å². The number of carbonyl (C=O) groups excluding carboxylic acids is 2. The Morgan fingerprint density at radius 2 is 2.03 bits per heavy atom. The number of nitrogens with one attached hydrogen (secondary N) is 1. The molecule has 1 aromatic rings. The maximum atomic E-state index is 12.8. The Labute approximate surface area is 205 Å². The molecule has 190 valence electrons. The second kappa shape index (κ2) is 11.3. The van der Waals surface area contributed by atoms with Gasteiger partial charge >= 0.3 is 18.1 Å². The number of hydrogen-bond acceptors (Lipinski definition) is 9. The molecule has 2 rings (SSSR count). The van der Waals surface area contributed by atoms with E-state index in [1.807, 2.05) is 0 Å². The summed E-state index contributed by atoms with van der Waals surface area (Å²) in [6.45, 7) is 0.628. The molecule has 2 atom stereocenters. The van der Waals surface area contributed by atoms with Gasteiger partial charge in [-0.15, -0.1) is 11.3 Å². The van der Waals surface area contributed by atoms with E-state index in [1.165, 1.54) is 12.3 Å². The zero-order valence-corrected chi connectivity index (χ0v) is 19.5. The number of nitrogen functional groups attached to an aromatic ring is 1. The summed E-state index contributed by atoms with van der Waals surface area (Å²) < 4.78 is 42.5. The molecule has 1 fully saturated rings. The van der Waals surface area contributed by atoms with Gasteiger partial charge in [-0.2, -0.15) is 25.8 Å². The molecule has 1 aromatic heterocycles. The molecule has 16 heteroatoms. The maximum Gasteiger partial charge on any atom is 0.409 e. The number of aromatic nitrogens is 1. The molecule has 0 radical (unpaired) electrons. The highest BCUT2D eigenvalue weighted by Crippen LogP contribution is 2.32. The molecule has 0 aromatic carbocycles. The monoisotopic (exact) mass is 536 g/mol. The van der Waals surface area contributed by atoms with Crippen molar-refractivity contribution < 1.29 is 47.3 Å². The van der Waals surface area contributed by atoms with Crippen molar-refractivity contribution in [2.75, 3.05) is 12.3 Å². The fourth-order valence-corrected chi connectivity index (χ4v) is 3.86.